The van der Waals surface area contributed by atoms with Crippen molar-refractivity contribution in [2.75, 3.05) is 6.61 Å². The Balaban J connectivity index is -0.0000000233. The van der Waals surface area contributed by atoms with Crippen LogP contribution in [0.4, 0.5) is 0 Å². The number of hydrogen-bond donors (Lipinski definition) is 4. The van der Waals surface area contributed by atoms with Gasteiger partial charge in [0.2, 0.25) is 0 Å². The smallest absolute Gasteiger partial charge is 1.00 e. The minimum absolute atomic E-state index is 0. The van der Waals surface area contributed by atoms with Gasteiger partial charge in [0.25, 0.3) is 0 Å². The van der Waals surface area contributed by atoms with Crippen LogP contribution in [0.1, 0.15) is 6.92 Å². The Hall–Kier alpha value is 0.117. The van der Waals surface area contributed by atoms with E-state index in [1.54, 1.807) is 6.92 Å². The van der Waals surface area contributed by atoms with Gasteiger partial charge in [0.05, 0.1) is 0 Å². The van der Waals surface area contributed by atoms with Gasteiger partial charge in [-0.1, -0.05) is 0 Å². The number of aliphatic hydroxyl groups excluding tert-OH is 1. The number of halogens is 1. The van der Waals surface area contributed by atoms with Gasteiger partial charge >= 0.3 is 18.9 Å². The van der Waals surface area contributed by atoms with Gasteiger partial charge in [0.15, 0.2) is 5.96 Å². The molecular formula is C3H11ClLiN3O. The molecule has 9 heavy (non-hydrogen) atoms. The summed E-state index contributed by atoms with van der Waals surface area (Å²) in [5.41, 5.74) is 8.94. The first-order valence-electron chi connectivity index (χ1n) is 1.85. The van der Waals surface area contributed by atoms with E-state index in [4.69, 9.17) is 10.5 Å². The summed E-state index contributed by atoms with van der Waals surface area (Å²) in [5, 5.41) is 13.6. The van der Waals surface area contributed by atoms with Gasteiger partial charge in [-0.15, -0.1) is 0 Å². The van der Waals surface area contributed by atoms with Crippen LogP contribution in [0.15, 0.2) is 0 Å². The summed E-state index contributed by atoms with van der Waals surface area (Å²) in [6.07, 6.45) is 0. The molecule has 0 rings (SSSR count). The largest absolute Gasteiger partial charge is 1.00 e. The molecule has 0 aliphatic rings. The van der Waals surface area contributed by atoms with Crippen molar-refractivity contribution >= 4 is 5.96 Å². The minimum atomic E-state index is -0.333. The predicted octanol–water partition coefficient (Wildman–Crippen LogP) is -7.15. The molecule has 0 aromatic heterocycles. The van der Waals surface area contributed by atoms with Crippen LogP contribution in [-0.4, -0.2) is 17.7 Å². The molecule has 0 aromatic rings. The molecule has 0 heterocycles. The molecule has 0 bridgehead atoms. The van der Waals surface area contributed by atoms with Crippen molar-refractivity contribution < 1.29 is 36.4 Å². The molecule has 0 atom stereocenters. The van der Waals surface area contributed by atoms with Crippen molar-refractivity contribution in [3.8, 4) is 0 Å². The summed E-state index contributed by atoms with van der Waals surface area (Å²) in [6, 6.07) is 0. The molecule has 0 saturated heterocycles. The maximum atomic E-state index is 7.57. The van der Waals surface area contributed by atoms with E-state index in [0.29, 0.717) is 0 Å². The topological polar surface area (TPSA) is 96.1 Å². The quantitative estimate of drug-likeness (QED) is 0.156. The number of aliphatic hydroxyl groups is 1. The standard InChI is InChI=1S/C2H6O.CH5N3.ClH.Li/c1-2-3;2-1(3)4;;/h3H,2H2,1H3;(H5,2,3,4);1H;/q;;;+1/p-1. The molecule has 0 unspecified atom stereocenters. The van der Waals surface area contributed by atoms with Gasteiger partial charge in [-0.2, -0.15) is 0 Å². The maximum absolute atomic E-state index is 7.57. The van der Waals surface area contributed by atoms with E-state index in [2.05, 4.69) is 11.5 Å². The van der Waals surface area contributed by atoms with E-state index >= 15 is 0 Å². The number of rotatable bonds is 0. The number of nitrogens with one attached hydrogen (secondary N) is 1. The molecule has 0 fully saturated rings. The average Bonchev–Trinajstić information content (AvgIpc) is 1.33. The summed E-state index contributed by atoms with van der Waals surface area (Å²) in [6.45, 7) is 1.93. The van der Waals surface area contributed by atoms with E-state index in [-0.39, 0.29) is 43.8 Å². The van der Waals surface area contributed by atoms with Crippen LogP contribution in [0.5, 0.6) is 0 Å². The molecule has 0 saturated carbocycles. The Kier molecular flexibility index (Phi) is 61.8. The molecule has 6 N–H and O–H groups in total. The zero-order valence-corrected chi connectivity index (χ0v) is 6.44. The Morgan fingerprint density at radius 3 is 1.56 bits per heavy atom. The molecule has 4 nitrogen and oxygen atoms in total. The second kappa shape index (κ2) is 24.3. The fourth-order valence-electron chi connectivity index (χ4n) is 0. The molecule has 0 amide bonds. The Labute approximate surface area is 73.1 Å². The minimum Gasteiger partial charge on any atom is -1.00 e. The molecule has 0 spiro atoms. The summed E-state index contributed by atoms with van der Waals surface area (Å²) in [5.74, 6) is -0.333. The van der Waals surface area contributed by atoms with Gasteiger partial charge in [-0.05, 0) is 6.92 Å². The van der Waals surface area contributed by atoms with E-state index in [0.717, 1.165) is 0 Å². The van der Waals surface area contributed by atoms with E-state index in [9.17, 15) is 0 Å². The molecule has 6 heteroatoms. The van der Waals surface area contributed by atoms with Crippen LogP contribution >= 0.6 is 0 Å². The summed E-state index contributed by atoms with van der Waals surface area (Å²) in [4.78, 5) is 0. The average molecular weight is 148 g/mol. The first kappa shape index (κ1) is 22.9. The second-order valence-electron chi connectivity index (χ2n) is 0.772. The van der Waals surface area contributed by atoms with Crippen LogP contribution in [0, 0.1) is 5.41 Å². The third kappa shape index (κ3) is 22000. The van der Waals surface area contributed by atoms with Gasteiger partial charge in [-0.3, -0.25) is 5.41 Å². The fraction of sp³-hybridized carbons (Fsp3) is 0.667. The SMILES string of the molecule is CCO.N=C(N)N.[Cl-].[Li+]. The van der Waals surface area contributed by atoms with E-state index in [1.165, 1.54) is 0 Å². The van der Waals surface area contributed by atoms with Gasteiger partial charge in [0, 0.05) is 6.61 Å². The van der Waals surface area contributed by atoms with Gasteiger partial charge < -0.3 is 29.0 Å². The zero-order valence-electron chi connectivity index (χ0n) is 5.69. The van der Waals surface area contributed by atoms with Crippen molar-refractivity contribution in [3.05, 3.63) is 0 Å². The van der Waals surface area contributed by atoms with Crippen LogP contribution < -0.4 is 42.7 Å². The first-order valence-corrected chi connectivity index (χ1v) is 1.85. The van der Waals surface area contributed by atoms with E-state index < -0.39 is 0 Å². The monoisotopic (exact) mass is 147 g/mol. The van der Waals surface area contributed by atoms with Crippen LogP contribution in [-0.2, 0) is 0 Å². The summed E-state index contributed by atoms with van der Waals surface area (Å²) in [7, 11) is 0. The molecule has 0 aliphatic heterocycles. The van der Waals surface area contributed by atoms with Gasteiger partial charge in [0.1, 0.15) is 0 Å². The number of nitrogens with two attached hydrogens (primary N) is 2. The molecule has 0 aliphatic carbocycles. The van der Waals surface area contributed by atoms with Crippen LogP contribution in [0.25, 0.3) is 0 Å². The Morgan fingerprint density at radius 2 is 1.56 bits per heavy atom. The maximum Gasteiger partial charge on any atom is 1.00 e. The summed E-state index contributed by atoms with van der Waals surface area (Å²) < 4.78 is 0. The zero-order chi connectivity index (χ0) is 6.28. The van der Waals surface area contributed by atoms with Crippen LogP contribution in [0.3, 0.4) is 0 Å². The first-order chi connectivity index (χ1) is 3.15. The Bertz CT molecular complexity index is 50.3. The normalized spacial score (nSPS) is 4.67. The Morgan fingerprint density at radius 1 is 1.56 bits per heavy atom. The fourth-order valence-corrected chi connectivity index (χ4v) is 0. The molecular weight excluding hydrogens is 136 g/mol. The van der Waals surface area contributed by atoms with Crippen molar-refractivity contribution in [1.29, 1.82) is 5.41 Å². The van der Waals surface area contributed by atoms with Crippen molar-refractivity contribution in [3.63, 3.8) is 0 Å². The second-order valence-corrected chi connectivity index (χ2v) is 0.772. The van der Waals surface area contributed by atoms with Gasteiger partial charge in [-0.25, -0.2) is 0 Å². The molecule has 0 aromatic carbocycles. The van der Waals surface area contributed by atoms with Crippen molar-refractivity contribution in [1.82, 2.24) is 0 Å². The number of guanidine groups is 1. The third-order valence-corrected chi connectivity index (χ3v) is 0. The van der Waals surface area contributed by atoms with Crippen molar-refractivity contribution in [2.45, 2.75) is 6.92 Å². The molecule has 0 radical (unpaired) electrons. The summed E-state index contributed by atoms with van der Waals surface area (Å²) >= 11 is 0. The molecule has 52 valence electrons. The predicted molar refractivity (Wildman–Crippen MR) is 28.9 cm³/mol. The van der Waals surface area contributed by atoms with Crippen LogP contribution in [0.2, 0.25) is 0 Å². The van der Waals surface area contributed by atoms with Crippen molar-refractivity contribution in [2.24, 2.45) is 11.5 Å². The van der Waals surface area contributed by atoms with E-state index in [1.807, 2.05) is 0 Å². The number of hydrogen-bond acceptors (Lipinski definition) is 2. The third-order valence-electron chi connectivity index (χ3n) is 0.